The van der Waals surface area contributed by atoms with E-state index >= 15 is 0 Å². The van der Waals surface area contributed by atoms with E-state index in [0.717, 1.165) is 0 Å². The topological polar surface area (TPSA) is 77.4 Å². The molecule has 0 amide bonds. The first kappa shape index (κ1) is 9.44. The Labute approximate surface area is 35.7 Å². The third-order valence-corrected chi connectivity index (χ3v) is 0. The highest BCUT2D eigenvalue weighted by Crippen LogP contribution is 2.27. The standard InChI is InChI=1S/CH4.H2O4P/c;1-5(2,3)4/h1H4;(H2,1,2,3). The van der Waals surface area contributed by atoms with Crippen LogP contribution in [-0.2, 0) is 9.46 Å². The van der Waals surface area contributed by atoms with Gasteiger partial charge in [0.25, 0.3) is 0 Å². The molecular formula is CH6O4P. The molecule has 6 heavy (non-hydrogen) atoms. The first-order chi connectivity index (χ1) is 2.00. The van der Waals surface area contributed by atoms with Gasteiger partial charge < -0.3 is 9.79 Å². The number of rotatable bonds is 0. The van der Waals surface area contributed by atoms with Crippen LogP contribution in [0.25, 0.3) is 0 Å². The van der Waals surface area contributed by atoms with Gasteiger partial charge in [-0.3, -0.25) is 0 Å². The highest BCUT2D eigenvalue weighted by atomic mass is 31.2. The van der Waals surface area contributed by atoms with Gasteiger partial charge in [-0.2, -0.15) is 0 Å². The zero-order valence-electron chi connectivity index (χ0n) is 2.16. The van der Waals surface area contributed by atoms with Crippen LogP contribution in [0.4, 0.5) is 0 Å². The molecule has 0 saturated carbocycles. The molecule has 0 spiro atoms. The third kappa shape index (κ3) is 3290. The second-order valence-electron chi connectivity index (χ2n) is 0.491. The molecule has 0 aliphatic heterocycles. The van der Waals surface area contributed by atoms with Crippen LogP contribution in [0.3, 0.4) is 0 Å². The SMILES string of the molecule is C.[O]P(=O)(O)O. The van der Waals surface area contributed by atoms with Crippen molar-refractivity contribution in [3.63, 3.8) is 0 Å². The van der Waals surface area contributed by atoms with Gasteiger partial charge in [0.05, 0.1) is 0 Å². The third-order valence-electron chi connectivity index (χ3n) is 0. The lowest BCUT2D eigenvalue weighted by molar-refractivity contribution is 0.235. The molecule has 0 fully saturated rings. The van der Waals surface area contributed by atoms with Crippen molar-refractivity contribution in [3.8, 4) is 0 Å². The summed E-state index contributed by atoms with van der Waals surface area (Å²) in [5, 5.41) is 0. The molecule has 2 N–H and O–H groups in total. The van der Waals surface area contributed by atoms with Crippen LogP contribution < -0.4 is 0 Å². The first-order valence-corrected chi connectivity index (χ1v) is 2.30. The second kappa shape index (κ2) is 2.31. The maximum atomic E-state index is 8.77. The van der Waals surface area contributed by atoms with Crippen molar-refractivity contribution >= 4 is 7.82 Å². The van der Waals surface area contributed by atoms with E-state index in [-0.39, 0.29) is 7.43 Å². The fourth-order valence-corrected chi connectivity index (χ4v) is 0. The lowest BCUT2D eigenvalue weighted by Gasteiger charge is -1.78. The van der Waals surface area contributed by atoms with Crippen LogP contribution in [0.1, 0.15) is 7.43 Å². The molecule has 0 aromatic rings. The Kier molecular flexibility index (Phi) is 3.64. The Morgan fingerprint density at radius 3 is 1.33 bits per heavy atom. The highest BCUT2D eigenvalue weighted by molar-refractivity contribution is 7.44. The lowest BCUT2D eigenvalue weighted by Crippen LogP contribution is -1.63. The largest absolute Gasteiger partial charge is 0.497 e. The van der Waals surface area contributed by atoms with Gasteiger partial charge in [0.2, 0.25) is 0 Å². The fraction of sp³-hybridized carbons (Fsp3) is 1.00. The van der Waals surface area contributed by atoms with E-state index in [9.17, 15) is 0 Å². The molecule has 1 radical (unpaired) electrons. The molecule has 0 aromatic carbocycles. The van der Waals surface area contributed by atoms with Crippen LogP contribution in [0.15, 0.2) is 0 Å². The zero-order chi connectivity index (χ0) is 4.50. The van der Waals surface area contributed by atoms with Crippen LogP contribution in [0, 0.1) is 0 Å². The smallest absolute Gasteiger partial charge is 0.301 e. The molecule has 0 aliphatic rings. The quantitative estimate of drug-likeness (QED) is 0.439. The maximum Gasteiger partial charge on any atom is 0.497 e. The number of hydrogen-bond donors (Lipinski definition) is 2. The fourth-order valence-electron chi connectivity index (χ4n) is 0. The predicted molar refractivity (Wildman–Crippen MR) is 19.5 cm³/mol. The van der Waals surface area contributed by atoms with Crippen molar-refractivity contribution < 1.29 is 19.2 Å². The van der Waals surface area contributed by atoms with Crippen LogP contribution in [0.2, 0.25) is 0 Å². The van der Waals surface area contributed by atoms with Gasteiger partial charge in [-0.1, -0.05) is 7.43 Å². The molecule has 5 heteroatoms. The van der Waals surface area contributed by atoms with Crippen LogP contribution >= 0.6 is 7.82 Å². The average molecular weight is 113 g/mol. The minimum atomic E-state index is -4.89. The van der Waals surface area contributed by atoms with Gasteiger partial charge in [0.15, 0.2) is 0 Å². The summed E-state index contributed by atoms with van der Waals surface area (Å²) in [5.74, 6) is 0. The van der Waals surface area contributed by atoms with Gasteiger partial charge >= 0.3 is 7.82 Å². The van der Waals surface area contributed by atoms with Crippen molar-refractivity contribution in [2.24, 2.45) is 0 Å². The Bertz CT molecular complexity index is 53.7. The first-order valence-electron chi connectivity index (χ1n) is 0.765. The van der Waals surface area contributed by atoms with Crippen molar-refractivity contribution in [1.29, 1.82) is 0 Å². The minimum absolute atomic E-state index is 0. The Hall–Kier alpha value is 0.110. The van der Waals surface area contributed by atoms with Gasteiger partial charge in [0.1, 0.15) is 0 Å². The second-order valence-corrected chi connectivity index (χ2v) is 1.47. The van der Waals surface area contributed by atoms with Gasteiger partial charge in [-0.05, 0) is 0 Å². The van der Waals surface area contributed by atoms with E-state index in [1.807, 2.05) is 0 Å². The Morgan fingerprint density at radius 1 is 1.33 bits per heavy atom. The van der Waals surface area contributed by atoms with E-state index < -0.39 is 7.82 Å². The highest BCUT2D eigenvalue weighted by Gasteiger charge is 2.04. The van der Waals surface area contributed by atoms with E-state index in [1.54, 1.807) is 0 Å². The zero-order valence-corrected chi connectivity index (χ0v) is 3.05. The van der Waals surface area contributed by atoms with E-state index in [0.29, 0.717) is 0 Å². The molecule has 0 aromatic heterocycles. The van der Waals surface area contributed by atoms with Crippen LogP contribution in [-0.4, -0.2) is 9.79 Å². The van der Waals surface area contributed by atoms with Crippen molar-refractivity contribution in [2.45, 2.75) is 7.43 Å². The lowest BCUT2D eigenvalue weighted by atomic mass is 12.0. The van der Waals surface area contributed by atoms with Gasteiger partial charge in [-0.25, -0.2) is 4.57 Å². The van der Waals surface area contributed by atoms with Crippen molar-refractivity contribution in [1.82, 2.24) is 0 Å². The van der Waals surface area contributed by atoms with E-state index in [2.05, 4.69) is 0 Å². The molecule has 4 nitrogen and oxygen atoms in total. The average Bonchev–Trinajstić information content (AvgIpc) is 0.722. The molecule has 39 valence electrons. The summed E-state index contributed by atoms with van der Waals surface area (Å²) < 4.78 is 8.77. The molecule has 0 bridgehead atoms. The molecule has 0 unspecified atom stereocenters. The Morgan fingerprint density at radius 2 is 1.33 bits per heavy atom. The normalized spacial score (nSPS) is 9.83. The van der Waals surface area contributed by atoms with Crippen LogP contribution in [0.5, 0.6) is 0 Å². The Balaban J connectivity index is 0. The summed E-state index contributed by atoms with van der Waals surface area (Å²) in [6.07, 6.45) is 0. The monoisotopic (exact) mass is 113 g/mol. The summed E-state index contributed by atoms with van der Waals surface area (Å²) in [6, 6.07) is 0. The molecule has 0 saturated heterocycles. The molecular weight excluding hydrogens is 107 g/mol. The number of hydrogen-bond acceptors (Lipinski definition) is 1. The summed E-state index contributed by atoms with van der Waals surface area (Å²) >= 11 is 0. The van der Waals surface area contributed by atoms with E-state index in [4.69, 9.17) is 19.2 Å². The summed E-state index contributed by atoms with van der Waals surface area (Å²) in [4.78, 5) is 22.9. The minimum Gasteiger partial charge on any atom is -0.301 e. The van der Waals surface area contributed by atoms with Crippen molar-refractivity contribution in [2.75, 3.05) is 0 Å². The summed E-state index contributed by atoms with van der Waals surface area (Å²) in [5.41, 5.74) is 0. The summed E-state index contributed by atoms with van der Waals surface area (Å²) in [7, 11) is -4.89. The van der Waals surface area contributed by atoms with Crippen molar-refractivity contribution in [3.05, 3.63) is 0 Å². The summed E-state index contributed by atoms with van der Waals surface area (Å²) in [6.45, 7) is 0. The van der Waals surface area contributed by atoms with Gasteiger partial charge in [0, 0.05) is 0 Å². The molecule has 0 heterocycles. The molecule has 0 atom stereocenters. The predicted octanol–water partition coefficient (Wildman–Crippen LogP) is 0.146. The molecule has 0 aliphatic carbocycles. The maximum absolute atomic E-state index is 8.77. The molecule has 0 rings (SSSR count). The van der Waals surface area contributed by atoms with E-state index in [1.165, 1.54) is 0 Å². The van der Waals surface area contributed by atoms with Gasteiger partial charge in [-0.15, -0.1) is 4.89 Å².